The lowest BCUT2D eigenvalue weighted by molar-refractivity contribution is 0.0528. The maximum Gasteiger partial charge on any atom is 0.293 e. The molecule has 2 aromatic carbocycles. The van der Waals surface area contributed by atoms with E-state index in [0.29, 0.717) is 29.6 Å². The molecule has 0 aliphatic carbocycles. The summed E-state index contributed by atoms with van der Waals surface area (Å²) in [7, 11) is 0. The smallest absolute Gasteiger partial charge is 0.293 e. The Kier molecular flexibility index (Phi) is 5.77. The largest absolute Gasteiger partial charge is 0.443 e. The Hall–Kier alpha value is -3.38. The van der Waals surface area contributed by atoms with E-state index in [1.54, 1.807) is 23.2 Å². The molecule has 1 atom stereocenters. The quantitative estimate of drug-likeness (QED) is 0.378. The Morgan fingerprint density at radius 1 is 1.09 bits per heavy atom. The average Bonchev–Trinajstić information content (AvgIpc) is 3.50. The standard InChI is InChI=1S/C25H22ClN3O3/c26-20-11-5-4-10-19(20)21-15-23(32-28-21)25(30)29-13-7-6-12-22(29)24-27-16-18(31-24)14-17-8-2-1-3-9-17/h1-5,8-11,15-16,22H,6-7,12-14H2/t22-/m1/s1. The molecule has 4 aromatic rings. The van der Waals surface area contributed by atoms with Crippen LogP contribution in [0.25, 0.3) is 11.3 Å². The van der Waals surface area contributed by atoms with Crippen LogP contribution in [0.2, 0.25) is 5.02 Å². The molecular weight excluding hydrogens is 426 g/mol. The number of amides is 1. The molecule has 0 spiro atoms. The number of carbonyl (C=O) groups excluding carboxylic acids is 1. The molecule has 0 N–H and O–H groups in total. The lowest BCUT2D eigenvalue weighted by Gasteiger charge is -2.32. The molecule has 1 aliphatic rings. The lowest BCUT2D eigenvalue weighted by Crippen LogP contribution is -2.38. The number of hydrogen-bond acceptors (Lipinski definition) is 5. The van der Waals surface area contributed by atoms with E-state index in [2.05, 4.69) is 22.3 Å². The van der Waals surface area contributed by atoms with Crippen molar-refractivity contribution in [2.45, 2.75) is 31.7 Å². The number of oxazole rings is 1. The highest BCUT2D eigenvalue weighted by atomic mass is 35.5. The monoisotopic (exact) mass is 447 g/mol. The van der Waals surface area contributed by atoms with E-state index >= 15 is 0 Å². The van der Waals surface area contributed by atoms with Gasteiger partial charge in [-0.25, -0.2) is 4.98 Å². The van der Waals surface area contributed by atoms with E-state index < -0.39 is 0 Å². The third-order valence-corrected chi connectivity index (χ3v) is 6.04. The number of benzene rings is 2. The van der Waals surface area contributed by atoms with Crippen LogP contribution >= 0.6 is 11.6 Å². The molecule has 6 nitrogen and oxygen atoms in total. The molecule has 3 heterocycles. The van der Waals surface area contributed by atoms with Crippen LogP contribution in [0.4, 0.5) is 0 Å². The van der Waals surface area contributed by atoms with Gasteiger partial charge in [-0.05, 0) is 30.9 Å². The maximum absolute atomic E-state index is 13.3. The van der Waals surface area contributed by atoms with Crippen molar-refractivity contribution < 1.29 is 13.7 Å². The Morgan fingerprint density at radius 3 is 2.75 bits per heavy atom. The molecule has 2 aromatic heterocycles. The first-order chi connectivity index (χ1) is 15.7. The number of nitrogens with zero attached hydrogens (tertiary/aromatic N) is 3. The second-order valence-corrected chi connectivity index (χ2v) is 8.30. The molecule has 5 rings (SSSR count). The zero-order valence-corrected chi connectivity index (χ0v) is 18.2. The second-order valence-electron chi connectivity index (χ2n) is 7.89. The van der Waals surface area contributed by atoms with Crippen molar-refractivity contribution in [3.05, 3.63) is 94.9 Å². The Balaban J connectivity index is 1.36. The Bertz CT molecular complexity index is 1220. The zero-order chi connectivity index (χ0) is 21.9. The van der Waals surface area contributed by atoms with Gasteiger partial charge in [-0.3, -0.25) is 4.79 Å². The summed E-state index contributed by atoms with van der Waals surface area (Å²) >= 11 is 6.26. The van der Waals surface area contributed by atoms with Gasteiger partial charge >= 0.3 is 0 Å². The van der Waals surface area contributed by atoms with Gasteiger partial charge in [0.05, 0.1) is 11.2 Å². The van der Waals surface area contributed by atoms with Crippen molar-refractivity contribution >= 4 is 17.5 Å². The van der Waals surface area contributed by atoms with Gasteiger partial charge in [0.25, 0.3) is 5.91 Å². The first-order valence-electron chi connectivity index (χ1n) is 10.7. The van der Waals surface area contributed by atoms with Gasteiger partial charge in [-0.2, -0.15) is 0 Å². The van der Waals surface area contributed by atoms with Crippen molar-refractivity contribution in [3.8, 4) is 11.3 Å². The average molecular weight is 448 g/mol. The minimum Gasteiger partial charge on any atom is -0.443 e. The van der Waals surface area contributed by atoms with Gasteiger partial charge in [0.2, 0.25) is 11.7 Å². The molecule has 1 saturated heterocycles. The zero-order valence-electron chi connectivity index (χ0n) is 17.4. The molecule has 7 heteroatoms. The maximum atomic E-state index is 13.3. The Labute approximate surface area is 190 Å². The molecule has 0 bridgehead atoms. The van der Waals surface area contributed by atoms with Crippen LogP contribution in [0, 0.1) is 0 Å². The van der Waals surface area contributed by atoms with Gasteiger partial charge in [0.1, 0.15) is 17.5 Å². The van der Waals surface area contributed by atoms with Crippen LogP contribution < -0.4 is 0 Å². The SMILES string of the molecule is O=C(c1cc(-c2ccccc2Cl)no1)N1CCCC[C@@H]1c1ncc(Cc2ccccc2)o1. The van der Waals surface area contributed by atoms with E-state index in [-0.39, 0.29) is 17.7 Å². The fraction of sp³-hybridized carbons (Fsp3) is 0.240. The number of hydrogen-bond donors (Lipinski definition) is 0. The van der Waals surface area contributed by atoms with E-state index in [0.717, 1.165) is 36.1 Å². The second kappa shape index (κ2) is 9.01. The number of likely N-dealkylation sites (tertiary alicyclic amines) is 1. The summed E-state index contributed by atoms with van der Waals surface area (Å²) < 4.78 is 11.5. The summed E-state index contributed by atoms with van der Waals surface area (Å²) in [6.07, 6.45) is 5.14. The summed E-state index contributed by atoms with van der Waals surface area (Å²) in [5, 5.41) is 4.62. The number of carbonyl (C=O) groups is 1. The lowest BCUT2D eigenvalue weighted by atomic mass is 10.0. The van der Waals surface area contributed by atoms with Gasteiger partial charge in [-0.1, -0.05) is 65.3 Å². The minimum atomic E-state index is -0.227. The molecule has 1 aliphatic heterocycles. The number of rotatable bonds is 5. The van der Waals surface area contributed by atoms with Crippen LogP contribution in [0.5, 0.6) is 0 Å². The van der Waals surface area contributed by atoms with E-state index in [9.17, 15) is 4.79 Å². The first kappa shape index (κ1) is 20.5. The number of piperidine rings is 1. The molecule has 32 heavy (non-hydrogen) atoms. The summed E-state index contributed by atoms with van der Waals surface area (Å²) in [6, 6.07) is 18.9. The summed E-state index contributed by atoms with van der Waals surface area (Å²) in [5.41, 5.74) is 2.42. The van der Waals surface area contributed by atoms with Crippen LogP contribution in [-0.4, -0.2) is 27.5 Å². The minimum absolute atomic E-state index is 0.183. The van der Waals surface area contributed by atoms with Gasteiger partial charge < -0.3 is 13.8 Å². The highest BCUT2D eigenvalue weighted by Crippen LogP contribution is 2.33. The third-order valence-electron chi connectivity index (χ3n) is 5.71. The van der Waals surface area contributed by atoms with Crippen LogP contribution in [0.15, 0.2) is 75.8 Å². The fourth-order valence-electron chi connectivity index (χ4n) is 4.10. The van der Waals surface area contributed by atoms with Gasteiger partial charge in [0.15, 0.2) is 0 Å². The predicted octanol–water partition coefficient (Wildman–Crippen LogP) is 5.94. The van der Waals surface area contributed by atoms with Crippen molar-refractivity contribution in [1.29, 1.82) is 0 Å². The molecule has 162 valence electrons. The predicted molar refractivity (Wildman–Crippen MR) is 120 cm³/mol. The van der Waals surface area contributed by atoms with Crippen molar-refractivity contribution in [1.82, 2.24) is 15.0 Å². The highest BCUT2D eigenvalue weighted by Gasteiger charge is 2.34. The molecule has 1 fully saturated rings. The van der Waals surface area contributed by atoms with Crippen molar-refractivity contribution in [2.75, 3.05) is 6.54 Å². The molecule has 0 saturated carbocycles. The van der Waals surface area contributed by atoms with Crippen molar-refractivity contribution in [2.24, 2.45) is 0 Å². The fourth-order valence-corrected chi connectivity index (χ4v) is 4.33. The molecule has 0 unspecified atom stereocenters. The topological polar surface area (TPSA) is 72.4 Å². The number of aromatic nitrogens is 2. The van der Waals surface area contributed by atoms with Crippen LogP contribution in [-0.2, 0) is 6.42 Å². The van der Waals surface area contributed by atoms with Crippen LogP contribution in [0.3, 0.4) is 0 Å². The van der Waals surface area contributed by atoms with E-state index in [1.165, 1.54) is 0 Å². The third kappa shape index (κ3) is 4.18. The molecule has 0 radical (unpaired) electrons. The normalized spacial score (nSPS) is 16.3. The van der Waals surface area contributed by atoms with Gasteiger partial charge in [-0.15, -0.1) is 0 Å². The highest BCUT2D eigenvalue weighted by molar-refractivity contribution is 6.33. The summed E-state index contributed by atoms with van der Waals surface area (Å²) in [4.78, 5) is 19.6. The summed E-state index contributed by atoms with van der Waals surface area (Å²) in [6.45, 7) is 0.613. The molecule has 1 amide bonds. The van der Waals surface area contributed by atoms with Crippen LogP contribution in [0.1, 0.15) is 53.1 Å². The Morgan fingerprint density at radius 2 is 1.91 bits per heavy atom. The number of halogens is 1. The van der Waals surface area contributed by atoms with Crippen molar-refractivity contribution in [3.63, 3.8) is 0 Å². The van der Waals surface area contributed by atoms with E-state index in [1.807, 2.05) is 36.4 Å². The summed E-state index contributed by atoms with van der Waals surface area (Å²) in [5.74, 6) is 1.31. The van der Waals surface area contributed by atoms with E-state index in [4.69, 9.17) is 20.5 Å². The van der Waals surface area contributed by atoms with Gasteiger partial charge in [0, 0.05) is 24.6 Å². The molecular formula is C25H22ClN3O3. The first-order valence-corrected chi connectivity index (χ1v) is 11.1.